The van der Waals surface area contributed by atoms with Crippen LogP contribution in [0.3, 0.4) is 0 Å². The fourth-order valence-corrected chi connectivity index (χ4v) is 3.85. The summed E-state index contributed by atoms with van der Waals surface area (Å²) in [6.45, 7) is 5.53. The van der Waals surface area contributed by atoms with Gasteiger partial charge < -0.3 is 9.47 Å². The number of aromatic nitrogens is 3. The van der Waals surface area contributed by atoms with Gasteiger partial charge in [-0.15, -0.1) is 0 Å². The molecule has 2 aromatic heterocycles. The van der Waals surface area contributed by atoms with E-state index < -0.39 is 5.97 Å². The minimum atomic E-state index is -0.437. The molecule has 3 aromatic rings. The molecule has 0 bridgehead atoms. The topological polar surface area (TPSA) is 98.6 Å². The molecular formula is C20H24N4O4S. The van der Waals surface area contributed by atoms with Gasteiger partial charge in [0.25, 0.3) is 5.56 Å². The molecule has 8 nitrogen and oxygen atoms in total. The van der Waals surface area contributed by atoms with E-state index in [0.29, 0.717) is 41.9 Å². The van der Waals surface area contributed by atoms with Crippen molar-refractivity contribution in [2.75, 3.05) is 26.9 Å². The molecule has 0 spiro atoms. The minimum Gasteiger partial charge on any atom is -0.469 e. The van der Waals surface area contributed by atoms with Gasteiger partial charge in [-0.2, -0.15) is 4.68 Å². The Bertz CT molecular complexity index is 1050. The summed E-state index contributed by atoms with van der Waals surface area (Å²) in [6.07, 6.45) is 0.707. The number of hydrogen-bond acceptors (Lipinski definition) is 7. The molecule has 0 radical (unpaired) electrons. The maximum atomic E-state index is 13.2. The van der Waals surface area contributed by atoms with Gasteiger partial charge in [0.1, 0.15) is 0 Å². The third kappa shape index (κ3) is 4.80. The van der Waals surface area contributed by atoms with Crippen molar-refractivity contribution in [1.29, 1.82) is 0 Å². The van der Waals surface area contributed by atoms with Crippen LogP contribution in [0.5, 0.6) is 0 Å². The molecule has 0 saturated carbocycles. The van der Waals surface area contributed by atoms with Crippen LogP contribution in [0.2, 0.25) is 0 Å². The predicted octanol–water partition coefficient (Wildman–Crippen LogP) is 2.73. The fourth-order valence-electron chi connectivity index (χ4n) is 2.93. The van der Waals surface area contributed by atoms with Crippen molar-refractivity contribution in [3.63, 3.8) is 0 Å². The van der Waals surface area contributed by atoms with Gasteiger partial charge in [-0.3, -0.25) is 19.7 Å². The number of H-pyrrole nitrogens is 1. The van der Waals surface area contributed by atoms with Crippen molar-refractivity contribution < 1.29 is 14.3 Å². The first-order valence-electron chi connectivity index (χ1n) is 9.41. The number of nitrogens with one attached hydrogen (secondary N) is 1. The highest BCUT2D eigenvalue weighted by Gasteiger charge is 2.21. The zero-order chi connectivity index (χ0) is 20.8. The Morgan fingerprint density at radius 1 is 1.34 bits per heavy atom. The fraction of sp³-hybridized carbons (Fsp3) is 0.400. The summed E-state index contributed by atoms with van der Waals surface area (Å²) in [5.74, 6) is -0.437. The molecule has 9 heteroatoms. The third-order valence-corrected chi connectivity index (χ3v) is 5.37. The summed E-state index contributed by atoms with van der Waals surface area (Å²) in [7, 11) is 1.32. The van der Waals surface area contributed by atoms with Gasteiger partial charge >= 0.3 is 5.97 Å². The largest absolute Gasteiger partial charge is 0.469 e. The van der Waals surface area contributed by atoms with Crippen molar-refractivity contribution in [2.24, 2.45) is 4.99 Å². The summed E-state index contributed by atoms with van der Waals surface area (Å²) in [5, 5.41) is 3.54. The Morgan fingerprint density at radius 2 is 2.14 bits per heavy atom. The third-order valence-electron chi connectivity index (χ3n) is 4.35. The molecular weight excluding hydrogens is 392 g/mol. The molecule has 2 heterocycles. The highest BCUT2D eigenvalue weighted by Crippen LogP contribution is 2.23. The number of nitrogens with zero attached hydrogens (tertiary/aromatic N) is 3. The van der Waals surface area contributed by atoms with Crippen LogP contribution in [0.4, 0.5) is 0 Å². The van der Waals surface area contributed by atoms with E-state index >= 15 is 0 Å². The maximum Gasteiger partial charge on any atom is 0.311 e. The first-order valence-corrected chi connectivity index (χ1v) is 10.2. The van der Waals surface area contributed by atoms with Gasteiger partial charge in [0.15, 0.2) is 0 Å². The van der Waals surface area contributed by atoms with Crippen LogP contribution < -0.4 is 5.56 Å². The molecule has 0 unspecified atom stereocenters. The van der Waals surface area contributed by atoms with Gasteiger partial charge in [0, 0.05) is 25.5 Å². The van der Waals surface area contributed by atoms with Crippen molar-refractivity contribution in [1.82, 2.24) is 14.8 Å². The molecule has 154 valence electrons. The zero-order valence-electron chi connectivity index (χ0n) is 16.7. The number of hydrogen-bond donors (Lipinski definition) is 1. The molecule has 0 aliphatic carbocycles. The van der Waals surface area contributed by atoms with E-state index in [9.17, 15) is 9.59 Å². The second-order valence-corrected chi connectivity index (χ2v) is 7.35. The number of para-hydroxylation sites is 1. The van der Waals surface area contributed by atoms with Crippen molar-refractivity contribution in [3.8, 4) is 5.13 Å². The van der Waals surface area contributed by atoms with Gasteiger partial charge in [0.2, 0.25) is 5.13 Å². The number of aromatic amines is 1. The molecule has 0 saturated heterocycles. The van der Waals surface area contributed by atoms with Gasteiger partial charge in [0.05, 0.1) is 35.0 Å². The van der Waals surface area contributed by atoms with Gasteiger partial charge in [-0.05, 0) is 32.4 Å². The van der Waals surface area contributed by atoms with E-state index in [2.05, 4.69) is 15.1 Å². The Morgan fingerprint density at radius 3 is 2.86 bits per heavy atom. The quantitative estimate of drug-likeness (QED) is 0.329. The molecule has 0 amide bonds. The highest BCUT2D eigenvalue weighted by atomic mass is 32.1. The lowest BCUT2D eigenvalue weighted by atomic mass is 10.1. The Kier molecular flexibility index (Phi) is 6.95. The van der Waals surface area contributed by atoms with E-state index in [-0.39, 0.29) is 12.0 Å². The molecule has 29 heavy (non-hydrogen) atoms. The summed E-state index contributed by atoms with van der Waals surface area (Å²) in [6, 6.07) is 7.67. The van der Waals surface area contributed by atoms with Crippen molar-refractivity contribution in [3.05, 3.63) is 45.9 Å². The second-order valence-electron chi connectivity index (χ2n) is 6.34. The van der Waals surface area contributed by atoms with Crippen molar-refractivity contribution in [2.45, 2.75) is 26.7 Å². The van der Waals surface area contributed by atoms with Gasteiger partial charge in [-0.25, -0.2) is 4.98 Å². The number of carbonyl (C=O) groups excluding carboxylic acids is 1. The number of aliphatic imine (C=N–C) groups is 1. The summed E-state index contributed by atoms with van der Waals surface area (Å²) < 4.78 is 12.4. The van der Waals surface area contributed by atoms with Crippen LogP contribution in [0.15, 0.2) is 34.1 Å². The normalized spacial score (nSPS) is 11.9. The molecule has 0 aliphatic rings. The lowest BCUT2D eigenvalue weighted by molar-refractivity contribution is -0.139. The number of carbonyl (C=O) groups is 1. The Balaban J connectivity index is 1.98. The Labute approximate surface area is 172 Å². The van der Waals surface area contributed by atoms with Crippen LogP contribution in [-0.4, -0.2) is 53.3 Å². The van der Waals surface area contributed by atoms with Crippen molar-refractivity contribution >= 4 is 33.2 Å². The predicted molar refractivity (Wildman–Crippen MR) is 113 cm³/mol. The molecule has 3 rings (SSSR count). The first-order chi connectivity index (χ1) is 14.0. The summed E-state index contributed by atoms with van der Waals surface area (Å²) in [5.41, 5.74) is 1.94. The lowest BCUT2D eigenvalue weighted by Gasteiger charge is -2.02. The van der Waals surface area contributed by atoms with E-state index in [1.165, 1.54) is 23.1 Å². The van der Waals surface area contributed by atoms with E-state index in [4.69, 9.17) is 9.47 Å². The summed E-state index contributed by atoms with van der Waals surface area (Å²) in [4.78, 5) is 34.1. The van der Waals surface area contributed by atoms with Crippen LogP contribution in [0, 0.1) is 0 Å². The number of fused-ring (bicyclic) bond motifs is 1. The van der Waals surface area contributed by atoms with Crippen LogP contribution in [0.25, 0.3) is 15.3 Å². The average molecular weight is 417 g/mol. The lowest BCUT2D eigenvalue weighted by Crippen LogP contribution is -2.20. The molecule has 0 aliphatic heterocycles. The number of methoxy groups -OCH3 is 1. The number of rotatable bonds is 9. The van der Waals surface area contributed by atoms with E-state index in [1.54, 1.807) is 6.92 Å². The maximum absolute atomic E-state index is 13.2. The minimum absolute atomic E-state index is 0.0508. The number of benzene rings is 1. The Hall–Kier alpha value is -2.78. The standard InChI is InChI=1S/C20H24N4O4S/c1-4-28-11-7-10-21-13(2)18-15(12-17(25)27-3)23-24(19(18)26)20-22-14-8-5-6-9-16(14)29-20/h5-6,8-9,23H,4,7,10-12H2,1-3H3. The average Bonchev–Trinajstić information content (AvgIpc) is 3.28. The molecule has 0 atom stereocenters. The van der Waals surface area contributed by atoms with E-state index in [1.807, 2.05) is 31.2 Å². The summed E-state index contributed by atoms with van der Waals surface area (Å²) >= 11 is 1.40. The second kappa shape index (κ2) is 9.62. The number of ether oxygens (including phenoxy) is 2. The smallest absolute Gasteiger partial charge is 0.311 e. The number of esters is 1. The monoisotopic (exact) mass is 416 g/mol. The van der Waals surface area contributed by atoms with Crippen LogP contribution in [0.1, 0.15) is 31.5 Å². The molecule has 0 fully saturated rings. The van der Waals surface area contributed by atoms with Gasteiger partial charge in [-0.1, -0.05) is 23.5 Å². The SMILES string of the molecule is CCOCCCN=C(C)c1c(CC(=O)OC)[nH]n(-c2nc3ccccc3s2)c1=O. The highest BCUT2D eigenvalue weighted by molar-refractivity contribution is 7.20. The number of thiazole rings is 1. The first kappa shape index (κ1) is 20.9. The van der Waals surface area contributed by atoms with Crippen LogP contribution in [-0.2, 0) is 20.7 Å². The molecule has 1 N–H and O–H groups in total. The van der Waals surface area contributed by atoms with Crippen LogP contribution >= 0.6 is 11.3 Å². The zero-order valence-corrected chi connectivity index (χ0v) is 17.5. The van der Waals surface area contributed by atoms with E-state index in [0.717, 1.165) is 16.6 Å². The molecule has 1 aromatic carbocycles.